The molecule has 0 N–H and O–H groups in total. The summed E-state index contributed by atoms with van der Waals surface area (Å²) in [5.74, 6) is 0. The first kappa shape index (κ1) is 9.91. The molecule has 0 radical (unpaired) electrons. The van der Waals surface area contributed by atoms with Crippen LogP contribution in [-0.4, -0.2) is 4.98 Å². The molecule has 0 fully saturated rings. The highest BCUT2D eigenvalue weighted by molar-refractivity contribution is 5.34. The molecule has 0 atom stereocenters. The van der Waals surface area contributed by atoms with E-state index in [4.69, 9.17) is 0 Å². The molecule has 2 aromatic rings. The maximum absolute atomic E-state index is 4.03. The lowest BCUT2D eigenvalue weighted by Crippen LogP contribution is -1.92. The highest BCUT2D eigenvalue weighted by atomic mass is 14.6. The summed E-state index contributed by atoms with van der Waals surface area (Å²) in [6.07, 6.45) is 4.69. The van der Waals surface area contributed by atoms with Crippen molar-refractivity contribution in [3.05, 3.63) is 65.0 Å². The van der Waals surface area contributed by atoms with Crippen LogP contribution in [0.5, 0.6) is 0 Å². The smallest absolute Gasteiger partial charge is 0.0270 e. The Labute approximate surface area is 90.8 Å². The number of hydrogen-bond acceptors (Lipinski definition) is 1. The molecule has 0 aliphatic carbocycles. The van der Waals surface area contributed by atoms with E-state index in [-0.39, 0.29) is 0 Å². The van der Waals surface area contributed by atoms with Crippen LogP contribution in [0.4, 0.5) is 0 Å². The average molecular weight is 197 g/mol. The van der Waals surface area contributed by atoms with Crippen LogP contribution in [0, 0.1) is 13.8 Å². The van der Waals surface area contributed by atoms with E-state index < -0.39 is 0 Å². The standard InChI is InChI=1S/C14H15N/c1-11-3-4-12(2)14(9-11)10-13-5-7-15-8-6-13/h3-9H,10H2,1-2H3. The average Bonchev–Trinajstić information content (AvgIpc) is 2.25. The van der Waals surface area contributed by atoms with Gasteiger partial charge in [0.25, 0.3) is 0 Å². The number of rotatable bonds is 2. The Kier molecular flexibility index (Phi) is 2.82. The van der Waals surface area contributed by atoms with Gasteiger partial charge in [-0.05, 0) is 49.1 Å². The Morgan fingerprint density at radius 1 is 1.00 bits per heavy atom. The normalized spacial score (nSPS) is 10.3. The maximum atomic E-state index is 4.03. The second kappa shape index (κ2) is 4.26. The molecule has 0 spiro atoms. The number of aromatic nitrogens is 1. The molecule has 1 aromatic carbocycles. The fourth-order valence-corrected chi connectivity index (χ4v) is 1.71. The van der Waals surface area contributed by atoms with Crippen molar-refractivity contribution in [2.75, 3.05) is 0 Å². The Morgan fingerprint density at radius 2 is 1.73 bits per heavy atom. The molecule has 1 aromatic heterocycles. The van der Waals surface area contributed by atoms with Gasteiger partial charge < -0.3 is 0 Å². The summed E-state index contributed by atoms with van der Waals surface area (Å²) in [7, 11) is 0. The fourth-order valence-electron chi connectivity index (χ4n) is 1.71. The van der Waals surface area contributed by atoms with E-state index in [0.29, 0.717) is 0 Å². The van der Waals surface area contributed by atoms with Crippen molar-refractivity contribution in [2.45, 2.75) is 20.3 Å². The molecule has 1 heterocycles. The lowest BCUT2D eigenvalue weighted by molar-refractivity contribution is 1.13. The van der Waals surface area contributed by atoms with E-state index in [9.17, 15) is 0 Å². The van der Waals surface area contributed by atoms with Crippen LogP contribution in [0.2, 0.25) is 0 Å². The topological polar surface area (TPSA) is 12.9 Å². The van der Waals surface area contributed by atoms with Crippen LogP contribution in [0.3, 0.4) is 0 Å². The molecule has 0 bridgehead atoms. The zero-order valence-corrected chi connectivity index (χ0v) is 9.20. The fraction of sp³-hybridized carbons (Fsp3) is 0.214. The molecule has 0 saturated carbocycles. The summed E-state index contributed by atoms with van der Waals surface area (Å²) in [6.45, 7) is 4.30. The summed E-state index contributed by atoms with van der Waals surface area (Å²) in [5.41, 5.74) is 5.40. The molecule has 76 valence electrons. The summed E-state index contributed by atoms with van der Waals surface area (Å²) >= 11 is 0. The monoisotopic (exact) mass is 197 g/mol. The number of aryl methyl sites for hydroxylation is 2. The summed E-state index contributed by atoms with van der Waals surface area (Å²) < 4.78 is 0. The SMILES string of the molecule is Cc1ccc(C)c(Cc2ccncc2)c1. The number of benzene rings is 1. The number of nitrogens with zero attached hydrogens (tertiary/aromatic N) is 1. The van der Waals surface area contributed by atoms with Gasteiger partial charge in [-0.2, -0.15) is 0 Å². The molecule has 1 nitrogen and oxygen atoms in total. The van der Waals surface area contributed by atoms with E-state index in [1.807, 2.05) is 12.4 Å². The van der Waals surface area contributed by atoms with E-state index in [2.05, 4.69) is 49.2 Å². The minimum atomic E-state index is 0.996. The van der Waals surface area contributed by atoms with Crippen molar-refractivity contribution in [3.8, 4) is 0 Å². The molecular weight excluding hydrogens is 182 g/mol. The molecule has 1 heteroatoms. The molecule has 0 amide bonds. The van der Waals surface area contributed by atoms with Crippen LogP contribution >= 0.6 is 0 Å². The van der Waals surface area contributed by atoms with Crippen molar-refractivity contribution in [1.29, 1.82) is 0 Å². The van der Waals surface area contributed by atoms with Gasteiger partial charge in [0.05, 0.1) is 0 Å². The van der Waals surface area contributed by atoms with Crippen LogP contribution < -0.4 is 0 Å². The van der Waals surface area contributed by atoms with Gasteiger partial charge in [-0.25, -0.2) is 0 Å². The van der Waals surface area contributed by atoms with Crippen LogP contribution in [0.15, 0.2) is 42.7 Å². The third-order valence-corrected chi connectivity index (χ3v) is 2.65. The summed E-state index contributed by atoms with van der Waals surface area (Å²) in [5, 5.41) is 0. The number of hydrogen-bond donors (Lipinski definition) is 0. The first-order valence-electron chi connectivity index (χ1n) is 5.21. The minimum Gasteiger partial charge on any atom is -0.265 e. The quantitative estimate of drug-likeness (QED) is 0.720. The molecule has 0 aliphatic heterocycles. The van der Waals surface area contributed by atoms with Gasteiger partial charge in [-0.3, -0.25) is 4.98 Å². The Morgan fingerprint density at radius 3 is 2.47 bits per heavy atom. The van der Waals surface area contributed by atoms with Gasteiger partial charge in [-0.1, -0.05) is 23.8 Å². The maximum Gasteiger partial charge on any atom is 0.0270 e. The molecule has 0 aliphatic rings. The molecule has 0 unspecified atom stereocenters. The summed E-state index contributed by atoms with van der Waals surface area (Å²) in [6, 6.07) is 10.7. The van der Waals surface area contributed by atoms with Crippen molar-refractivity contribution in [2.24, 2.45) is 0 Å². The molecule has 0 saturated heterocycles. The highest BCUT2D eigenvalue weighted by Crippen LogP contribution is 2.14. The molecular formula is C14H15N. The van der Waals surface area contributed by atoms with Gasteiger partial charge in [0.15, 0.2) is 0 Å². The van der Waals surface area contributed by atoms with Gasteiger partial charge in [0, 0.05) is 12.4 Å². The Bertz CT molecular complexity index is 446. The van der Waals surface area contributed by atoms with E-state index in [0.717, 1.165) is 6.42 Å². The van der Waals surface area contributed by atoms with Gasteiger partial charge in [0.1, 0.15) is 0 Å². The molecule has 15 heavy (non-hydrogen) atoms. The van der Waals surface area contributed by atoms with Gasteiger partial charge in [-0.15, -0.1) is 0 Å². The third-order valence-electron chi connectivity index (χ3n) is 2.65. The first-order valence-corrected chi connectivity index (χ1v) is 5.21. The lowest BCUT2D eigenvalue weighted by Gasteiger charge is -2.06. The Balaban J connectivity index is 2.28. The van der Waals surface area contributed by atoms with Crippen LogP contribution in [-0.2, 0) is 6.42 Å². The summed E-state index contributed by atoms with van der Waals surface area (Å²) in [4.78, 5) is 4.03. The third kappa shape index (κ3) is 2.44. The van der Waals surface area contributed by atoms with E-state index in [1.54, 1.807) is 0 Å². The zero-order valence-electron chi connectivity index (χ0n) is 9.20. The number of pyridine rings is 1. The minimum absolute atomic E-state index is 0.996. The second-order valence-electron chi connectivity index (χ2n) is 3.96. The van der Waals surface area contributed by atoms with Crippen LogP contribution in [0.1, 0.15) is 22.3 Å². The van der Waals surface area contributed by atoms with Crippen molar-refractivity contribution >= 4 is 0 Å². The van der Waals surface area contributed by atoms with Gasteiger partial charge in [0.2, 0.25) is 0 Å². The molecule has 2 rings (SSSR count). The van der Waals surface area contributed by atoms with E-state index >= 15 is 0 Å². The van der Waals surface area contributed by atoms with Crippen molar-refractivity contribution < 1.29 is 0 Å². The van der Waals surface area contributed by atoms with E-state index in [1.165, 1.54) is 22.3 Å². The largest absolute Gasteiger partial charge is 0.265 e. The zero-order chi connectivity index (χ0) is 10.7. The predicted octanol–water partition coefficient (Wildman–Crippen LogP) is 3.29. The van der Waals surface area contributed by atoms with Crippen molar-refractivity contribution in [1.82, 2.24) is 4.98 Å². The Hall–Kier alpha value is -1.63. The van der Waals surface area contributed by atoms with Crippen molar-refractivity contribution in [3.63, 3.8) is 0 Å². The highest BCUT2D eigenvalue weighted by Gasteiger charge is 2.00. The lowest BCUT2D eigenvalue weighted by atomic mass is 9.99. The second-order valence-corrected chi connectivity index (χ2v) is 3.96. The predicted molar refractivity (Wildman–Crippen MR) is 63.0 cm³/mol. The van der Waals surface area contributed by atoms with Crippen LogP contribution in [0.25, 0.3) is 0 Å². The first-order chi connectivity index (χ1) is 7.25. The van der Waals surface area contributed by atoms with Gasteiger partial charge >= 0.3 is 0 Å².